The van der Waals surface area contributed by atoms with Crippen molar-refractivity contribution < 1.29 is 0 Å². The van der Waals surface area contributed by atoms with Gasteiger partial charge >= 0.3 is 0 Å². The van der Waals surface area contributed by atoms with Gasteiger partial charge in [0.05, 0.1) is 11.7 Å². The molecule has 0 saturated heterocycles. The number of halogens is 1. The van der Waals surface area contributed by atoms with Crippen molar-refractivity contribution in [1.29, 1.82) is 0 Å². The summed E-state index contributed by atoms with van der Waals surface area (Å²) in [5, 5.41) is 0. The molecule has 0 saturated carbocycles. The van der Waals surface area contributed by atoms with E-state index in [0.717, 1.165) is 15.8 Å². The number of imidazole rings is 1. The van der Waals surface area contributed by atoms with E-state index < -0.39 is 0 Å². The van der Waals surface area contributed by atoms with Gasteiger partial charge in [0.15, 0.2) is 0 Å². The Morgan fingerprint density at radius 3 is 2.64 bits per heavy atom. The molecule has 0 atom stereocenters. The highest BCUT2D eigenvalue weighted by Crippen LogP contribution is 2.23. The van der Waals surface area contributed by atoms with Crippen LogP contribution in [0.15, 0.2) is 29.0 Å². The molecule has 0 amide bonds. The fraction of sp³-hybridized carbons (Fsp3) is 0.364. The van der Waals surface area contributed by atoms with Crippen LogP contribution in [0.1, 0.15) is 26.6 Å². The lowest BCUT2D eigenvalue weighted by Crippen LogP contribution is -2.15. The smallest absolute Gasteiger partial charge is 0.118 e. The van der Waals surface area contributed by atoms with Gasteiger partial charge in [-0.05, 0) is 28.1 Å². The van der Waals surface area contributed by atoms with Crippen molar-refractivity contribution in [3.05, 3.63) is 34.8 Å². The van der Waals surface area contributed by atoms with Crippen LogP contribution in [0.3, 0.4) is 0 Å². The van der Waals surface area contributed by atoms with Crippen LogP contribution in [0.4, 0.5) is 0 Å². The van der Waals surface area contributed by atoms with Gasteiger partial charge in [0.1, 0.15) is 5.82 Å². The van der Waals surface area contributed by atoms with Gasteiger partial charge in [-0.1, -0.05) is 20.8 Å². The van der Waals surface area contributed by atoms with Crippen LogP contribution in [-0.2, 0) is 5.41 Å². The maximum atomic E-state index is 4.45. The molecule has 3 heteroatoms. The van der Waals surface area contributed by atoms with Gasteiger partial charge in [-0.25, -0.2) is 4.98 Å². The molecule has 0 aromatic carbocycles. The summed E-state index contributed by atoms with van der Waals surface area (Å²) in [7, 11) is 0. The molecule has 2 aromatic rings. The Labute approximate surface area is 92.1 Å². The summed E-state index contributed by atoms with van der Waals surface area (Å²) in [4.78, 5) is 4.45. The predicted octanol–water partition coefficient (Wildman–Crippen LogP) is 3.39. The lowest BCUT2D eigenvalue weighted by Gasteiger charge is -2.16. The predicted molar refractivity (Wildman–Crippen MR) is 61.6 cm³/mol. The Morgan fingerprint density at radius 1 is 1.29 bits per heavy atom. The van der Waals surface area contributed by atoms with E-state index in [1.807, 2.05) is 12.3 Å². The molecular formula is C11H13BrN2. The zero-order chi connectivity index (χ0) is 10.3. The van der Waals surface area contributed by atoms with E-state index in [9.17, 15) is 0 Å². The van der Waals surface area contributed by atoms with Crippen LogP contribution in [-0.4, -0.2) is 9.38 Å². The number of pyridine rings is 1. The molecule has 0 spiro atoms. The highest BCUT2D eigenvalue weighted by molar-refractivity contribution is 9.10. The fourth-order valence-corrected chi connectivity index (χ4v) is 1.86. The van der Waals surface area contributed by atoms with Crippen molar-refractivity contribution in [2.24, 2.45) is 0 Å². The quantitative estimate of drug-likeness (QED) is 0.703. The van der Waals surface area contributed by atoms with Gasteiger partial charge in [-0.15, -0.1) is 0 Å². The van der Waals surface area contributed by atoms with Crippen molar-refractivity contribution in [2.75, 3.05) is 0 Å². The van der Waals surface area contributed by atoms with Gasteiger partial charge in [-0.3, -0.25) is 0 Å². The van der Waals surface area contributed by atoms with Crippen molar-refractivity contribution >= 4 is 21.4 Å². The zero-order valence-electron chi connectivity index (χ0n) is 8.58. The average Bonchev–Trinajstić information content (AvgIpc) is 2.45. The molecule has 0 bridgehead atoms. The van der Waals surface area contributed by atoms with Gasteiger partial charge in [-0.2, -0.15) is 0 Å². The SMILES string of the molecule is CC(C)(C)c1ncc2ccc(Br)cn12. The lowest BCUT2D eigenvalue weighted by atomic mass is 9.96. The molecular weight excluding hydrogens is 240 g/mol. The standard InChI is InChI=1S/C11H13BrN2/c1-11(2,3)10-13-6-9-5-4-8(12)7-14(9)10/h4-7H,1-3H3. The molecule has 0 aliphatic carbocycles. The summed E-state index contributed by atoms with van der Waals surface area (Å²) in [5.74, 6) is 1.09. The van der Waals surface area contributed by atoms with Crippen molar-refractivity contribution in [3.63, 3.8) is 0 Å². The van der Waals surface area contributed by atoms with Crippen molar-refractivity contribution in [2.45, 2.75) is 26.2 Å². The van der Waals surface area contributed by atoms with Gasteiger partial charge in [0, 0.05) is 16.1 Å². The second-order valence-corrected chi connectivity index (χ2v) is 5.39. The van der Waals surface area contributed by atoms with E-state index >= 15 is 0 Å². The summed E-state index contributed by atoms with van der Waals surface area (Å²) in [5.41, 5.74) is 1.21. The van der Waals surface area contributed by atoms with Gasteiger partial charge in [0.25, 0.3) is 0 Å². The van der Waals surface area contributed by atoms with Crippen molar-refractivity contribution in [3.8, 4) is 0 Å². The highest BCUT2D eigenvalue weighted by Gasteiger charge is 2.19. The van der Waals surface area contributed by atoms with Gasteiger partial charge in [0.2, 0.25) is 0 Å². The Kier molecular flexibility index (Phi) is 2.14. The number of nitrogens with zero attached hydrogens (tertiary/aromatic N) is 2. The number of rotatable bonds is 0. The molecule has 0 fully saturated rings. The van der Waals surface area contributed by atoms with Crippen molar-refractivity contribution in [1.82, 2.24) is 9.38 Å². The molecule has 0 radical (unpaired) electrons. The minimum Gasteiger partial charge on any atom is -0.302 e. The monoisotopic (exact) mass is 252 g/mol. The van der Waals surface area contributed by atoms with E-state index in [-0.39, 0.29) is 5.41 Å². The first-order valence-corrected chi connectivity index (χ1v) is 5.41. The molecule has 0 aliphatic rings. The number of aromatic nitrogens is 2. The largest absolute Gasteiger partial charge is 0.302 e. The topological polar surface area (TPSA) is 17.3 Å². The van der Waals surface area contributed by atoms with Crippen LogP contribution in [0, 0.1) is 0 Å². The number of fused-ring (bicyclic) bond motifs is 1. The molecule has 0 N–H and O–H groups in total. The van der Waals surface area contributed by atoms with E-state index in [1.165, 1.54) is 0 Å². The summed E-state index contributed by atoms with van der Waals surface area (Å²) >= 11 is 3.47. The number of hydrogen-bond donors (Lipinski definition) is 0. The summed E-state index contributed by atoms with van der Waals surface area (Å²) < 4.78 is 3.21. The second-order valence-electron chi connectivity index (χ2n) is 4.47. The minimum atomic E-state index is 0.0766. The lowest BCUT2D eigenvalue weighted by molar-refractivity contribution is 0.543. The maximum absolute atomic E-state index is 4.45. The van der Waals surface area contributed by atoms with E-state index in [2.05, 4.69) is 58.3 Å². The van der Waals surface area contributed by atoms with Crippen LogP contribution in [0.5, 0.6) is 0 Å². The normalized spacial score (nSPS) is 12.3. The molecule has 2 aromatic heterocycles. The molecule has 2 heterocycles. The van der Waals surface area contributed by atoms with E-state index in [1.54, 1.807) is 0 Å². The Hall–Kier alpha value is -0.830. The first kappa shape index (κ1) is 9.71. The Balaban J connectivity index is 2.73. The van der Waals surface area contributed by atoms with Crippen LogP contribution in [0.2, 0.25) is 0 Å². The van der Waals surface area contributed by atoms with Crippen LogP contribution < -0.4 is 0 Å². The third-order valence-corrected chi connectivity index (χ3v) is 2.63. The molecule has 0 unspecified atom stereocenters. The fourth-order valence-electron chi connectivity index (χ4n) is 1.52. The second kappa shape index (κ2) is 3.09. The Morgan fingerprint density at radius 2 is 2.00 bits per heavy atom. The first-order chi connectivity index (χ1) is 6.48. The molecule has 0 aliphatic heterocycles. The van der Waals surface area contributed by atoms with E-state index in [0.29, 0.717) is 0 Å². The summed E-state index contributed by atoms with van der Waals surface area (Å²) in [6, 6.07) is 4.09. The summed E-state index contributed by atoms with van der Waals surface area (Å²) in [6.45, 7) is 6.51. The van der Waals surface area contributed by atoms with Crippen LogP contribution >= 0.6 is 15.9 Å². The molecule has 2 rings (SSSR count). The van der Waals surface area contributed by atoms with Gasteiger partial charge < -0.3 is 4.40 Å². The number of hydrogen-bond acceptors (Lipinski definition) is 1. The third-order valence-electron chi connectivity index (χ3n) is 2.16. The third kappa shape index (κ3) is 1.57. The highest BCUT2D eigenvalue weighted by atomic mass is 79.9. The average molecular weight is 253 g/mol. The molecule has 2 nitrogen and oxygen atoms in total. The Bertz CT molecular complexity index is 466. The van der Waals surface area contributed by atoms with Crippen LogP contribution in [0.25, 0.3) is 5.52 Å². The first-order valence-electron chi connectivity index (χ1n) is 4.61. The zero-order valence-corrected chi connectivity index (χ0v) is 10.2. The van der Waals surface area contributed by atoms with E-state index in [4.69, 9.17) is 0 Å². The maximum Gasteiger partial charge on any atom is 0.118 e. The molecule has 74 valence electrons. The summed E-state index contributed by atoms with van der Waals surface area (Å²) in [6.07, 6.45) is 3.97. The minimum absolute atomic E-state index is 0.0766. The molecule has 14 heavy (non-hydrogen) atoms.